The van der Waals surface area contributed by atoms with Crippen LogP contribution in [0.4, 0.5) is 4.39 Å². The van der Waals surface area contributed by atoms with Gasteiger partial charge in [0.15, 0.2) is 0 Å². The maximum absolute atomic E-state index is 13.4. The first-order valence-electron chi connectivity index (χ1n) is 4.76. The minimum Gasteiger partial charge on any atom is -0.309 e. The van der Waals surface area contributed by atoms with Gasteiger partial charge < -0.3 is 4.90 Å². The van der Waals surface area contributed by atoms with Crippen molar-refractivity contribution < 1.29 is 4.39 Å². The predicted octanol–water partition coefficient (Wildman–Crippen LogP) is 3.38. The topological polar surface area (TPSA) is 3.24 Å². The van der Waals surface area contributed by atoms with Gasteiger partial charge in [-0.3, -0.25) is 0 Å². The second-order valence-corrected chi connectivity index (χ2v) is 5.61. The fraction of sp³-hybridized carbons (Fsp3) is 0.455. The van der Waals surface area contributed by atoms with Gasteiger partial charge in [-0.05, 0) is 31.8 Å². The highest BCUT2D eigenvalue weighted by Gasteiger charge is 2.02. The van der Waals surface area contributed by atoms with E-state index in [1.807, 2.05) is 26.2 Å². The maximum atomic E-state index is 13.4. The van der Waals surface area contributed by atoms with Gasteiger partial charge in [0, 0.05) is 22.5 Å². The smallest absolute Gasteiger partial charge is 0.128 e. The molecule has 84 valence electrons. The second kappa shape index (κ2) is 6.51. The highest BCUT2D eigenvalue weighted by atomic mass is 79.9. The SMILES string of the molecule is CN(C)CCSCc1ccc(Br)cc1F. The van der Waals surface area contributed by atoms with Crippen molar-refractivity contribution in [2.75, 3.05) is 26.4 Å². The third kappa shape index (κ3) is 5.00. The van der Waals surface area contributed by atoms with E-state index in [-0.39, 0.29) is 5.82 Å². The number of halogens is 2. The predicted molar refractivity (Wildman–Crippen MR) is 68.8 cm³/mol. The fourth-order valence-electron chi connectivity index (χ4n) is 1.07. The lowest BCUT2D eigenvalue weighted by atomic mass is 10.2. The molecular weight excluding hydrogens is 277 g/mol. The van der Waals surface area contributed by atoms with Crippen LogP contribution in [-0.2, 0) is 5.75 Å². The lowest BCUT2D eigenvalue weighted by Gasteiger charge is -2.09. The van der Waals surface area contributed by atoms with E-state index in [1.165, 1.54) is 6.07 Å². The molecule has 0 unspecified atom stereocenters. The van der Waals surface area contributed by atoms with Gasteiger partial charge in [-0.15, -0.1) is 0 Å². The third-order valence-electron chi connectivity index (χ3n) is 1.96. The zero-order chi connectivity index (χ0) is 11.3. The quantitative estimate of drug-likeness (QED) is 0.765. The number of hydrogen-bond acceptors (Lipinski definition) is 2. The Morgan fingerprint density at radius 2 is 2.13 bits per heavy atom. The van der Waals surface area contributed by atoms with Gasteiger partial charge in [0.25, 0.3) is 0 Å². The molecule has 0 N–H and O–H groups in total. The van der Waals surface area contributed by atoms with Gasteiger partial charge in [0.05, 0.1) is 0 Å². The minimum atomic E-state index is -0.123. The van der Waals surface area contributed by atoms with E-state index in [0.29, 0.717) is 0 Å². The normalized spacial score (nSPS) is 11.0. The van der Waals surface area contributed by atoms with E-state index in [0.717, 1.165) is 28.1 Å². The molecule has 0 aliphatic heterocycles. The highest BCUT2D eigenvalue weighted by Crippen LogP contribution is 2.19. The molecule has 1 nitrogen and oxygen atoms in total. The van der Waals surface area contributed by atoms with Crippen molar-refractivity contribution in [3.05, 3.63) is 34.1 Å². The lowest BCUT2D eigenvalue weighted by molar-refractivity contribution is 0.437. The first kappa shape index (κ1) is 13.0. The molecule has 0 fully saturated rings. The summed E-state index contributed by atoms with van der Waals surface area (Å²) in [6.07, 6.45) is 0. The van der Waals surface area contributed by atoms with Crippen LogP contribution in [0.5, 0.6) is 0 Å². The molecule has 0 aromatic heterocycles. The van der Waals surface area contributed by atoms with Gasteiger partial charge in [0.2, 0.25) is 0 Å². The standard InChI is InChI=1S/C11H15BrFNS/c1-14(2)5-6-15-8-9-3-4-10(12)7-11(9)13/h3-4,7H,5-6,8H2,1-2H3. The van der Waals surface area contributed by atoms with Gasteiger partial charge in [-0.2, -0.15) is 11.8 Å². The van der Waals surface area contributed by atoms with Crippen molar-refractivity contribution >= 4 is 27.7 Å². The van der Waals surface area contributed by atoms with E-state index in [1.54, 1.807) is 11.8 Å². The number of hydrogen-bond donors (Lipinski definition) is 0. The molecule has 1 rings (SSSR count). The van der Waals surface area contributed by atoms with Crippen molar-refractivity contribution in [1.82, 2.24) is 4.90 Å². The van der Waals surface area contributed by atoms with Crippen LogP contribution in [0.25, 0.3) is 0 Å². The lowest BCUT2D eigenvalue weighted by Crippen LogP contribution is -2.14. The first-order valence-corrected chi connectivity index (χ1v) is 6.71. The van der Waals surface area contributed by atoms with Crippen LogP contribution < -0.4 is 0 Å². The zero-order valence-electron chi connectivity index (χ0n) is 8.96. The molecule has 1 aromatic rings. The van der Waals surface area contributed by atoms with Crippen molar-refractivity contribution in [2.45, 2.75) is 5.75 Å². The molecule has 0 radical (unpaired) electrons. The minimum absolute atomic E-state index is 0.123. The molecule has 1 aromatic carbocycles. The molecule has 15 heavy (non-hydrogen) atoms. The molecule has 0 saturated carbocycles. The van der Waals surface area contributed by atoms with Crippen LogP contribution in [0.1, 0.15) is 5.56 Å². The molecule has 0 bridgehead atoms. The Bertz CT molecular complexity index is 317. The number of thioether (sulfide) groups is 1. The molecule has 0 aliphatic rings. The Morgan fingerprint density at radius 3 is 2.73 bits per heavy atom. The Morgan fingerprint density at radius 1 is 1.40 bits per heavy atom. The van der Waals surface area contributed by atoms with E-state index in [2.05, 4.69) is 20.8 Å². The Hall–Kier alpha value is -0.0600. The Labute approximate surface area is 103 Å². The summed E-state index contributed by atoms with van der Waals surface area (Å²) in [5, 5.41) is 0. The molecular formula is C11H15BrFNS. The summed E-state index contributed by atoms with van der Waals surface area (Å²) in [5.41, 5.74) is 0.780. The van der Waals surface area contributed by atoms with Crippen LogP contribution in [0.3, 0.4) is 0 Å². The highest BCUT2D eigenvalue weighted by molar-refractivity contribution is 9.10. The van der Waals surface area contributed by atoms with Gasteiger partial charge in [-0.25, -0.2) is 4.39 Å². The monoisotopic (exact) mass is 291 g/mol. The number of benzene rings is 1. The van der Waals surface area contributed by atoms with Gasteiger partial charge in [-0.1, -0.05) is 22.0 Å². The van der Waals surface area contributed by atoms with Crippen LogP contribution in [0.15, 0.2) is 22.7 Å². The van der Waals surface area contributed by atoms with E-state index < -0.39 is 0 Å². The van der Waals surface area contributed by atoms with Crippen LogP contribution >= 0.6 is 27.7 Å². The molecule has 0 spiro atoms. The summed E-state index contributed by atoms with van der Waals surface area (Å²) in [4.78, 5) is 2.13. The summed E-state index contributed by atoms with van der Waals surface area (Å²) in [5.74, 6) is 1.65. The zero-order valence-corrected chi connectivity index (χ0v) is 11.4. The maximum Gasteiger partial charge on any atom is 0.128 e. The van der Waals surface area contributed by atoms with Crippen molar-refractivity contribution in [1.29, 1.82) is 0 Å². The Balaban J connectivity index is 2.37. The first-order chi connectivity index (χ1) is 7.09. The number of rotatable bonds is 5. The number of nitrogens with zero attached hydrogens (tertiary/aromatic N) is 1. The largest absolute Gasteiger partial charge is 0.309 e. The fourth-order valence-corrected chi connectivity index (χ4v) is 2.49. The van der Waals surface area contributed by atoms with Crippen molar-refractivity contribution in [3.8, 4) is 0 Å². The summed E-state index contributed by atoms with van der Waals surface area (Å²) < 4.78 is 14.2. The van der Waals surface area contributed by atoms with E-state index >= 15 is 0 Å². The molecule has 0 amide bonds. The molecule has 0 aliphatic carbocycles. The van der Waals surface area contributed by atoms with E-state index in [4.69, 9.17) is 0 Å². The van der Waals surface area contributed by atoms with E-state index in [9.17, 15) is 4.39 Å². The summed E-state index contributed by atoms with van der Waals surface area (Å²) >= 11 is 5.00. The summed E-state index contributed by atoms with van der Waals surface area (Å²) in [6.45, 7) is 1.03. The molecule has 4 heteroatoms. The average molecular weight is 292 g/mol. The van der Waals surface area contributed by atoms with Gasteiger partial charge in [0.1, 0.15) is 5.82 Å². The molecule has 0 atom stereocenters. The summed E-state index contributed by atoms with van der Waals surface area (Å²) in [7, 11) is 4.08. The van der Waals surface area contributed by atoms with Crippen LogP contribution in [0, 0.1) is 5.82 Å². The molecule has 0 heterocycles. The third-order valence-corrected chi connectivity index (χ3v) is 3.44. The van der Waals surface area contributed by atoms with Crippen molar-refractivity contribution in [3.63, 3.8) is 0 Å². The Kier molecular flexibility index (Phi) is 5.64. The van der Waals surface area contributed by atoms with Crippen LogP contribution in [0.2, 0.25) is 0 Å². The van der Waals surface area contributed by atoms with Gasteiger partial charge >= 0.3 is 0 Å². The summed E-state index contributed by atoms with van der Waals surface area (Å²) in [6, 6.07) is 5.23. The molecule has 0 saturated heterocycles. The van der Waals surface area contributed by atoms with Crippen molar-refractivity contribution in [2.24, 2.45) is 0 Å². The second-order valence-electron chi connectivity index (χ2n) is 3.59. The van der Waals surface area contributed by atoms with Crippen LogP contribution in [-0.4, -0.2) is 31.3 Å². The average Bonchev–Trinajstić information content (AvgIpc) is 2.14.